The van der Waals surface area contributed by atoms with Crippen molar-refractivity contribution < 1.29 is 15.1 Å². The Balaban J connectivity index is 2.35. The SMILES string of the molecule is NC(=NO)C1CN(C(=O)O)C1. The number of rotatable bonds is 1. The smallest absolute Gasteiger partial charge is 0.407 e. The van der Waals surface area contributed by atoms with Crippen LogP contribution < -0.4 is 5.73 Å². The van der Waals surface area contributed by atoms with Gasteiger partial charge in [0.25, 0.3) is 0 Å². The van der Waals surface area contributed by atoms with E-state index in [0.717, 1.165) is 0 Å². The number of carboxylic acid groups (broad SMARTS) is 1. The van der Waals surface area contributed by atoms with Crippen LogP contribution in [0.4, 0.5) is 4.79 Å². The van der Waals surface area contributed by atoms with E-state index in [2.05, 4.69) is 5.16 Å². The van der Waals surface area contributed by atoms with Crippen LogP contribution in [-0.4, -0.2) is 40.2 Å². The molecule has 1 rings (SSSR count). The van der Waals surface area contributed by atoms with Crippen molar-refractivity contribution in [1.29, 1.82) is 0 Å². The van der Waals surface area contributed by atoms with Crippen LogP contribution in [0.15, 0.2) is 5.16 Å². The van der Waals surface area contributed by atoms with E-state index in [1.165, 1.54) is 4.90 Å². The largest absolute Gasteiger partial charge is 0.465 e. The van der Waals surface area contributed by atoms with Crippen LogP contribution in [0.5, 0.6) is 0 Å². The van der Waals surface area contributed by atoms with Crippen LogP contribution >= 0.6 is 0 Å². The summed E-state index contributed by atoms with van der Waals surface area (Å²) in [6.45, 7) is 0.649. The molecule has 6 heteroatoms. The fraction of sp³-hybridized carbons (Fsp3) is 0.600. The quantitative estimate of drug-likeness (QED) is 0.205. The molecule has 0 aromatic heterocycles. The number of likely N-dealkylation sites (tertiary alicyclic amines) is 1. The molecule has 1 amide bonds. The second kappa shape index (κ2) is 2.65. The Labute approximate surface area is 62.9 Å². The fourth-order valence-corrected chi connectivity index (χ4v) is 0.903. The zero-order chi connectivity index (χ0) is 8.43. The molecule has 0 unspecified atom stereocenters. The minimum Gasteiger partial charge on any atom is -0.465 e. The summed E-state index contributed by atoms with van der Waals surface area (Å²) < 4.78 is 0. The maximum Gasteiger partial charge on any atom is 0.407 e. The number of oxime groups is 1. The molecule has 0 spiro atoms. The number of hydrogen-bond acceptors (Lipinski definition) is 3. The zero-order valence-electron chi connectivity index (χ0n) is 5.77. The summed E-state index contributed by atoms with van der Waals surface area (Å²) in [7, 11) is 0. The van der Waals surface area contributed by atoms with Crippen molar-refractivity contribution in [3.63, 3.8) is 0 Å². The lowest BCUT2D eigenvalue weighted by Gasteiger charge is -2.35. The van der Waals surface area contributed by atoms with Crippen LogP contribution in [-0.2, 0) is 0 Å². The topological polar surface area (TPSA) is 99.2 Å². The van der Waals surface area contributed by atoms with Gasteiger partial charge in [-0.1, -0.05) is 5.16 Å². The molecule has 1 heterocycles. The van der Waals surface area contributed by atoms with Gasteiger partial charge in [-0.3, -0.25) is 0 Å². The van der Waals surface area contributed by atoms with Crippen molar-refractivity contribution in [2.45, 2.75) is 0 Å². The lowest BCUT2D eigenvalue weighted by molar-refractivity contribution is 0.101. The van der Waals surface area contributed by atoms with Gasteiger partial charge in [0.2, 0.25) is 0 Å². The number of amides is 1. The molecule has 1 fully saturated rings. The monoisotopic (exact) mass is 159 g/mol. The van der Waals surface area contributed by atoms with E-state index in [-0.39, 0.29) is 11.8 Å². The molecule has 11 heavy (non-hydrogen) atoms. The average Bonchev–Trinajstić information content (AvgIpc) is 1.83. The van der Waals surface area contributed by atoms with Crippen LogP contribution in [0.25, 0.3) is 0 Å². The van der Waals surface area contributed by atoms with Gasteiger partial charge in [-0.2, -0.15) is 0 Å². The second-order valence-electron chi connectivity index (χ2n) is 2.41. The van der Waals surface area contributed by atoms with Gasteiger partial charge in [0.15, 0.2) is 0 Å². The molecule has 0 bridgehead atoms. The van der Waals surface area contributed by atoms with Gasteiger partial charge in [-0.25, -0.2) is 4.79 Å². The summed E-state index contributed by atoms with van der Waals surface area (Å²) in [6, 6.07) is 0. The van der Waals surface area contributed by atoms with E-state index >= 15 is 0 Å². The Hall–Kier alpha value is -1.46. The molecule has 0 aromatic carbocycles. The van der Waals surface area contributed by atoms with E-state index < -0.39 is 6.09 Å². The number of amidine groups is 1. The van der Waals surface area contributed by atoms with E-state index in [1.54, 1.807) is 0 Å². The predicted molar refractivity (Wildman–Crippen MR) is 36.5 cm³/mol. The molecule has 4 N–H and O–H groups in total. The Morgan fingerprint density at radius 3 is 2.55 bits per heavy atom. The zero-order valence-corrected chi connectivity index (χ0v) is 5.77. The van der Waals surface area contributed by atoms with Gasteiger partial charge < -0.3 is 20.9 Å². The van der Waals surface area contributed by atoms with Crippen molar-refractivity contribution in [1.82, 2.24) is 4.90 Å². The molecule has 1 saturated heterocycles. The Morgan fingerprint density at radius 2 is 2.18 bits per heavy atom. The number of nitrogens with two attached hydrogens (primary N) is 1. The third kappa shape index (κ3) is 1.34. The lowest BCUT2D eigenvalue weighted by Crippen LogP contribution is -2.54. The standard InChI is InChI=1S/C5H9N3O3/c6-4(7-11)3-1-8(2-3)5(9)10/h3,11H,1-2H2,(H2,6,7)(H,9,10). The summed E-state index contributed by atoms with van der Waals surface area (Å²) in [5.41, 5.74) is 5.22. The molecule has 0 aliphatic carbocycles. The lowest BCUT2D eigenvalue weighted by atomic mass is 10.0. The molecular weight excluding hydrogens is 150 g/mol. The molecule has 0 aromatic rings. The molecule has 1 aliphatic rings. The van der Waals surface area contributed by atoms with E-state index in [0.29, 0.717) is 13.1 Å². The van der Waals surface area contributed by atoms with E-state index in [1.807, 2.05) is 0 Å². The first-order valence-corrected chi connectivity index (χ1v) is 3.10. The maximum atomic E-state index is 10.2. The van der Waals surface area contributed by atoms with Crippen LogP contribution in [0.2, 0.25) is 0 Å². The predicted octanol–water partition coefficient (Wildman–Crippen LogP) is -0.657. The third-order valence-electron chi connectivity index (χ3n) is 1.69. The summed E-state index contributed by atoms with van der Waals surface area (Å²) in [6.07, 6.45) is -0.966. The minimum atomic E-state index is -0.966. The van der Waals surface area contributed by atoms with E-state index in [4.69, 9.17) is 16.0 Å². The highest BCUT2D eigenvalue weighted by Crippen LogP contribution is 2.14. The summed E-state index contributed by atoms with van der Waals surface area (Å²) in [5, 5.41) is 19.4. The van der Waals surface area contributed by atoms with Gasteiger partial charge in [0.05, 0.1) is 5.92 Å². The second-order valence-corrected chi connectivity index (χ2v) is 2.41. The number of hydrogen-bond donors (Lipinski definition) is 3. The molecule has 62 valence electrons. The van der Waals surface area contributed by atoms with Crippen molar-refractivity contribution in [3.05, 3.63) is 0 Å². The Morgan fingerprint density at radius 1 is 1.64 bits per heavy atom. The molecule has 1 aliphatic heterocycles. The highest BCUT2D eigenvalue weighted by atomic mass is 16.4. The highest BCUT2D eigenvalue weighted by molar-refractivity contribution is 5.85. The third-order valence-corrected chi connectivity index (χ3v) is 1.69. The molecule has 6 nitrogen and oxygen atoms in total. The summed E-state index contributed by atoms with van der Waals surface area (Å²) in [5.74, 6) is -0.0152. The van der Waals surface area contributed by atoms with Gasteiger partial charge in [-0.05, 0) is 0 Å². The van der Waals surface area contributed by atoms with Crippen molar-refractivity contribution >= 4 is 11.9 Å². The maximum absolute atomic E-state index is 10.2. The van der Waals surface area contributed by atoms with E-state index in [9.17, 15) is 4.79 Å². The number of nitrogens with zero attached hydrogens (tertiary/aromatic N) is 2. The minimum absolute atomic E-state index is 0.0995. The average molecular weight is 159 g/mol. The van der Waals surface area contributed by atoms with Gasteiger partial charge in [-0.15, -0.1) is 0 Å². The summed E-state index contributed by atoms with van der Waals surface area (Å²) >= 11 is 0. The summed E-state index contributed by atoms with van der Waals surface area (Å²) in [4.78, 5) is 11.4. The first kappa shape index (κ1) is 7.64. The van der Waals surface area contributed by atoms with Crippen molar-refractivity contribution in [3.8, 4) is 0 Å². The van der Waals surface area contributed by atoms with Crippen molar-refractivity contribution in [2.24, 2.45) is 16.8 Å². The van der Waals surface area contributed by atoms with Gasteiger partial charge >= 0.3 is 6.09 Å². The normalized spacial score (nSPS) is 19.6. The molecule has 0 radical (unpaired) electrons. The van der Waals surface area contributed by atoms with Gasteiger partial charge in [0.1, 0.15) is 5.84 Å². The molecular formula is C5H9N3O3. The Bertz CT molecular complexity index is 197. The van der Waals surface area contributed by atoms with Gasteiger partial charge in [0, 0.05) is 13.1 Å². The van der Waals surface area contributed by atoms with Crippen molar-refractivity contribution in [2.75, 3.05) is 13.1 Å². The van der Waals surface area contributed by atoms with Crippen LogP contribution in [0.3, 0.4) is 0 Å². The first-order valence-electron chi connectivity index (χ1n) is 3.10. The first-order chi connectivity index (χ1) is 5.15. The highest BCUT2D eigenvalue weighted by Gasteiger charge is 2.33. The fourth-order valence-electron chi connectivity index (χ4n) is 0.903. The van der Waals surface area contributed by atoms with Crippen LogP contribution in [0, 0.1) is 5.92 Å². The molecule has 0 saturated carbocycles. The van der Waals surface area contributed by atoms with Crippen LogP contribution in [0.1, 0.15) is 0 Å². The number of carbonyl (C=O) groups is 1. The Kier molecular flexibility index (Phi) is 1.84. The molecule has 0 atom stereocenters.